The maximum atomic E-state index is 10.7. The number of hydrogen-bond donors (Lipinski definition) is 0. The Balaban J connectivity index is 3.19. The van der Waals surface area contributed by atoms with Gasteiger partial charge in [-0.25, -0.2) is 4.79 Å². The van der Waals surface area contributed by atoms with E-state index in [0.717, 1.165) is 0 Å². The summed E-state index contributed by atoms with van der Waals surface area (Å²) in [5, 5.41) is 0. The molecule has 0 N–H and O–H groups in total. The first-order chi connectivity index (χ1) is 5.81. The lowest BCUT2D eigenvalue weighted by molar-refractivity contribution is -0.147. The molecule has 0 saturated heterocycles. The molecule has 0 aromatic carbocycles. The second-order valence-electron chi connectivity index (χ2n) is 1.95. The Morgan fingerprint density at radius 2 is 2.25 bits per heavy atom. The van der Waals surface area contributed by atoms with Gasteiger partial charge in [-0.3, -0.25) is 0 Å². The quantitative estimate of drug-likeness (QED) is 0.276. The van der Waals surface area contributed by atoms with Gasteiger partial charge in [-0.2, -0.15) is 0 Å². The molecule has 70 valence electrons. The van der Waals surface area contributed by atoms with E-state index in [0.29, 0.717) is 19.1 Å². The van der Waals surface area contributed by atoms with Crippen molar-refractivity contribution in [2.45, 2.75) is 6.92 Å². The largest absolute Gasteiger partial charge is 0.464 e. The highest BCUT2D eigenvalue weighted by Gasteiger charge is 1.98. The fourth-order valence-corrected chi connectivity index (χ4v) is 0.670. The van der Waals surface area contributed by atoms with Crippen molar-refractivity contribution < 1.29 is 14.3 Å². The van der Waals surface area contributed by atoms with E-state index in [2.05, 4.69) is 4.74 Å². The lowest BCUT2D eigenvalue weighted by Gasteiger charge is -2.00. The van der Waals surface area contributed by atoms with Crippen LogP contribution in [0.15, 0.2) is 12.2 Å². The topological polar surface area (TPSA) is 35.5 Å². The summed E-state index contributed by atoms with van der Waals surface area (Å²) in [5.41, 5.74) is 0. The summed E-state index contributed by atoms with van der Waals surface area (Å²) in [7, 11) is 0. The maximum Gasteiger partial charge on any atom is 0.332 e. The fraction of sp³-hybridized carbons (Fsp3) is 0.625. The molecule has 4 heteroatoms. The SMILES string of the molecule is CCOC(=O)COC/C=C\CCl. The lowest BCUT2D eigenvalue weighted by atomic mass is 10.5. The molecule has 0 amide bonds. The number of alkyl halides is 1. The zero-order chi connectivity index (χ0) is 9.23. The molecule has 0 atom stereocenters. The Hall–Kier alpha value is -0.540. The van der Waals surface area contributed by atoms with Crippen LogP contribution in [0.4, 0.5) is 0 Å². The van der Waals surface area contributed by atoms with Gasteiger partial charge in [0.15, 0.2) is 0 Å². The predicted molar refractivity (Wildman–Crippen MR) is 47.3 cm³/mol. The van der Waals surface area contributed by atoms with Crippen LogP contribution in [-0.4, -0.2) is 31.7 Å². The number of halogens is 1. The Morgan fingerprint density at radius 1 is 1.50 bits per heavy atom. The number of allylic oxidation sites excluding steroid dienone is 1. The third-order valence-electron chi connectivity index (χ3n) is 0.995. The van der Waals surface area contributed by atoms with Crippen molar-refractivity contribution >= 4 is 17.6 Å². The Kier molecular flexibility index (Phi) is 8.17. The van der Waals surface area contributed by atoms with Crippen molar-refractivity contribution in [2.24, 2.45) is 0 Å². The Morgan fingerprint density at radius 3 is 2.83 bits per heavy atom. The number of ether oxygens (including phenoxy) is 2. The minimum absolute atomic E-state index is 0.000462. The third-order valence-corrected chi connectivity index (χ3v) is 1.17. The first kappa shape index (κ1) is 11.5. The molecule has 3 nitrogen and oxygen atoms in total. The van der Waals surface area contributed by atoms with Gasteiger partial charge in [0.2, 0.25) is 0 Å². The van der Waals surface area contributed by atoms with Crippen molar-refractivity contribution in [3.8, 4) is 0 Å². The number of esters is 1. The molecule has 0 aromatic rings. The minimum atomic E-state index is -0.336. The zero-order valence-electron chi connectivity index (χ0n) is 7.09. The highest BCUT2D eigenvalue weighted by molar-refractivity contribution is 6.18. The molecule has 0 rings (SSSR count). The number of carbonyl (C=O) groups excluding carboxylic acids is 1. The summed E-state index contributed by atoms with van der Waals surface area (Å²) in [6.45, 7) is 2.54. The smallest absolute Gasteiger partial charge is 0.332 e. The van der Waals surface area contributed by atoms with E-state index in [1.165, 1.54) is 0 Å². The van der Waals surface area contributed by atoms with Crippen LogP contribution in [0.1, 0.15) is 6.92 Å². The van der Waals surface area contributed by atoms with Gasteiger partial charge in [-0.05, 0) is 6.92 Å². The average molecular weight is 193 g/mol. The second kappa shape index (κ2) is 8.56. The summed E-state index contributed by atoms with van der Waals surface area (Å²) < 4.78 is 9.56. The van der Waals surface area contributed by atoms with Crippen molar-refractivity contribution in [2.75, 3.05) is 25.7 Å². The first-order valence-corrected chi connectivity index (χ1v) is 4.29. The lowest BCUT2D eigenvalue weighted by Crippen LogP contribution is -2.12. The molecule has 0 saturated carbocycles. The number of hydrogen-bond acceptors (Lipinski definition) is 3. The van der Waals surface area contributed by atoms with Crippen LogP contribution in [0.25, 0.3) is 0 Å². The van der Waals surface area contributed by atoms with Gasteiger partial charge in [-0.15, -0.1) is 11.6 Å². The molecule has 0 aliphatic rings. The molecule has 0 bridgehead atoms. The number of rotatable bonds is 6. The fourth-order valence-electron chi connectivity index (χ4n) is 0.544. The molecule has 0 spiro atoms. The molecular weight excluding hydrogens is 180 g/mol. The van der Waals surface area contributed by atoms with Gasteiger partial charge >= 0.3 is 5.97 Å². The van der Waals surface area contributed by atoms with Crippen LogP contribution in [0.5, 0.6) is 0 Å². The van der Waals surface area contributed by atoms with Crippen LogP contribution in [-0.2, 0) is 14.3 Å². The van der Waals surface area contributed by atoms with Crippen molar-refractivity contribution in [1.29, 1.82) is 0 Å². The molecule has 0 fully saturated rings. The monoisotopic (exact) mass is 192 g/mol. The summed E-state index contributed by atoms with van der Waals surface area (Å²) >= 11 is 5.36. The summed E-state index contributed by atoms with van der Waals surface area (Å²) in [6.07, 6.45) is 3.51. The molecule has 0 aliphatic carbocycles. The molecular formula is C8H13ClO3. The summed E-state index contributed by atoms with van der Waals surface area (Å²) in [6, 6.07) is 0. The minimum Gasteiger partial charge on any atom is -0.464 e. The maximum absolute atomic E-state index is 10.7. The molecule has 0 radical (unpaired) electrons. The molecule has 0 aliphatic heterocycles. The number of carbonyl (C=O) groups is 1. The zero-order valence-corrected chi connectivity index (χ0v) is 7.84. The Bertz CT molecular complexity index is 145. The van der Waals surface area contributed by atoms with Gasteiger partial charge in [0, 0.05) is 5.88 Å². The standard InChI is InChI=1S/C8H13ClO3/c1-2-12-8(10)7-11-6-4-3-5-9/h3-4H,2,5-7H2,1H3/b4-3-. The van der Waals surface area contributed by atoms with Crippen LogP contribution in [0, 0.1) is 0 Å². The molecule has 0 unspecified atom stereocenters. The first-order valence-electron chi connectivity index (χ1n) is 3.75. The predicted octanol–water partition coefficient (Wildman–Crippen LogP) is 1.36. The molecule has 0 aromatic heterocycles. The summed E-state index contributed by atoms with van der Waals surface area (Å²) in [5.74, 6) is 0.125. The van der Waals surface area contributed by atoms with Gasteiger partial charge in [0.25, 0.3) is 0 Å². The average Bonchev–Trinajstić information content (AvgIpc) is 2.05. The van der Waals surface area contributed by atoms with E-state index in [4.69, 9.17) is 16.3 Å². The molecule has 0 heterocycles. The van der Waals surface area contributed by atoms with Crippen molar-refractivity contribution in [3.63, 3.8) is 0 Å². The van der Waals surface area contributed by atoms with E-state index in [9.17, 15) is 4.79 Å². The van der Waals surface area contributed by atoms with Crippen LogP contribution < -0.4 is 0 Å². The van der Waals surface area contributed by atoms with Crippen LogP contribution in [0.3, 0.4) is 0 Å². The van der Waals surface area contributed by atoms with Gasteiger partial charge in [0.1, 0.15) is 6.61 Å². The van der Waals surface area contributed by atoms with E-state index in [1.54, 1.807) is 19.1 Å². The third kappa shape index (κ3) is 7.57. The van der Waals surface area contributed by atoms with E-state index in [1.807, 2.05) is 0 Å². The van der Waals surface area contributed by atoms with Crippen LogP contribution >= 0.6 is 11.6 Å². The van der Waals surface area contributed by atoms with Crippen molar-refractivity contribution in [1.82, 2.24) is 0 Å². The van der Waals surface area contributed by atoms with Gasteiger partial charge in [0.05, 0.1) is 13.2 Å². The highest BCUT2D eigenvalue weighted by Crippen LogP contribution is 1.83. The second-order valence-corrected chi connectivity index (χ2v) is 2.25. The summed E-state index contributed by atoms with van der Waals surface area (Å²) in [4.78, 5) is 10.7. The highest BCUT2D eigenvalue weighted by atomic mass is 35.5. The van der Waals surface area contributed by atoms with Crippen molar-refractivity contribution in [3.05, 3.63) is 12.2 Å². The normalized spacial score (nSPS) is 10.5. The van der Waals surface area contributed by atoms with Gasteiger partial charge < -0.3 is 9.47 Å². The van der Waals surface area contributed by atoms with E-state index in [-0.39, 0.29) is 12.6 Å². The van der Waals surface area contributed by atoms with E-state index < -0.39 is 0 Å². The Labute approximate surface area is 77.3 Å². The van der Waals surface area contributed by atoms with E-state index >= 15 is 0 Å². The van der Waals surface area contributed by atoms with Crippen LogP contribution in [0.2, 0.25) is 0 Å². The molecule has 12 heavy (non-hydrogen) atoms. The van der Waals surface area contributed by atoms with Gasteiger partial charge in [-0.1, -0.05) is 12.2 Å².